The Morgan fingerprint density at radius 3 is 2.68 bits per heavy atom. The van der Waals surface area contributed by atoms with Gasteiger partial charge in [-0.15, -0.1) is 10.2 Å². The summed E-state index contributed by atoms with van der Waals surface area (Å²) < 4.78 is 5.63. The molecule has 0 atom stereocenters. The number of carboxylic acid groups (broad SMARTS) is 1. The number of aromatic nitrogens is 2. The molecule has 0 amide bonds. The van der Waals surface area contributed by atoms with E-state index in [1.54, 1.807) is 18.2 Å². The van der Waals surface area contributed by atoms with Gasteiger partial charge in [0.05, 0.1) is 16.1 Å². The molecule has 22 heavy (non-hydrogen) atoms. The van der Waals surface area contributed by atoms with Gasteiger partial charge in [0.15, 0.2) is 0 Å². The lowest BCUT2D eigenvalue weighted by Crippen LogP contribution is -1.95. The Kier molecular flexibility index (Phi) is 3.65. The lowest BCUT2D eigenvalue weighted by molar-refractivity contribution is 0.0697. The third kappa shape index (κ3) is 2.71. The average molecular weight is 315 g/mol. The smallest absolute Gasteiger partial charge is 0.335 e. The fourth-order valence-electron chi connectivity index (χ4n) is 2.04. The van der Waals surface area contributed by atoms with Crippen LogP contribution in [0.1, 0.15) is 15.9 Å². The molecule has 110 valence electrons. The number of aromatic carboxylic acids is 1. The zero-order chi connectivity index (χ0) is 15.7. The van der Waals surface area contributed by atoms with Crippen molar-refractivity contribution in [2.75, 3.05) is 0 Å². The normalized spacial score (nSPS) is 10.6. The van der Waals surface area contributed by atoms with Crippen molar-refractivity contribution in [2.45, 2.75) is 6.92 Å². The van der Waals surface area contributed by atoms with Crippen LogP contribution in [-0.4, -0.2) is 21.3 Å². The molecule has 1 heterocycles. The van der Waals surface area contributed by atoms with Gasteiger partial charge in [0.25, 0.3) is 0 Å². The Bertz CT molecular complexity index is 858. The summed E-state index contributed by atoms with van der Waals surface area (Å²) in [7, 11) is 0. The van der Waals surface area contributed by atoms with Crippen LogP contribution in [0.5, 0.6) is 0 Å². The second-order valence-corrected chi connectivity index (χ2v) is 5.19. The highest BCUT2D eigenvalue weighted by molar-refractivity contribution is 6.33. The number of halogens is 1. The molecule has 0 saturated carbocycles. The van der Waals surface area contributed by atoms with Gasteiger partial charge >= 0.3 is 5.97 Å². The minimum Gasteiger partial charge on any atom is -0.478 e. The van der Waals surface area contributed by atoms with Crippen molar-refractivity contribution in [3.05, 3.63) is 58.6 Å². The first kappa shape index (κ1) is 14.3. The van der Waals surface area contributed by atoms with E-state index in [2.05, 4.69) is 10.2 Å². The molecular weight excluding hydrogens is 304 g/mol. The Morgan fingerprint density at radius 2 is 1.91 bits per heavy atom. The van der Waals surface area contributed by atoms with Crippen molar-refractivity contribution in [2.24, 2.45) is 0 Å². The van der Waals surface area contributed by atoms with E-state index in [4.69, 9.17) is 21.1 Å². The zero-order valence-corrected chi connectivity index (χ0v) is 12.3. The summed E-state index contributed by atoms with van der Waals surface area (Å²) in [5.74, 6) is -0.469. The monoisotopic (exact) mass is 314 g/mol. The number of aryl methyl sites for hydroxylation is 1. The molecule has 0 fully saturated rings. The van der Waals surface area contributed by atoms with E-state index in [0.717, 1.165) is 5.56 Å². The Balaban J connectivity index is 2.02. The Labute approximate surface area is 131 Å². The molecule has 1 aromatic heterocycles. The van der Waals surface area contributed by atoms with Crippen LogP contribution >= 0.6 is 11.6 Å². The summed E-state index contributed by atoms with van der Waals surface area (Å²) in [4.78, 5) is 11.0. The molecule has 6 heteroatoms. The van der Waals surface area contributed by atoms with Crippen LogP contribution < -0.4 is 0 Å². The standard InChI is InChI=1S/C16H11ClN2O3/c1-9-5-6-13(17)12(7-9)15-19-18-14(22-15)10-3-2-4-11(8-10)16(20)21/h2-8H,1H3,(H,20,21). The summed E-state index contributed by atoms with van der Waals surface area (Å²) in [6.07, 6.45) is 0. The molecule has 0 unspecified atom stereocenters. The van der Waals surface area contributed by atoms with Gasteiger partial charge < -0.3 is 9.52 Å². The number of hydrogen-bond acceptors (Lipinski definition) is 4. The molecule has 0 aliphatic rings. The van der Waals surface area contributed by atoms with Crippen molar-refractivity contribution in [1.29, 1.82) is 0 Å². The summed E-state index contributed by atoms with van der Waals surface area (Å²) in [5, 5.41) is 17.5. The maximum absolute atomic E-state index is 11.0. The number of rotatable bonds is 3. The van der Waals surface area contributed by atoms with E-state index < -0.39 is 5.97 Å². The summed E-state index contributed by atoms with van der Waals surface area (Å²) >= 11 is 6.15. The van der Waals surface area contributed by atoms with Crippen molar-refractivity contribution in [3.63, 3.8) is 0 Å². The molecule has 0 aliphatic carbocycles. The molecule has 0 bridgehead atoms. The first-order chi connectivity index (χ1) is 10.5. The molecular formula is C16H11ClN2O3. The Hall–Kier alpha value is -2.66. The van der Waals surface area contributed by atoms with Crippen LogP contribution in [0.25, 0.3) is 22.9 Å². The maximum Gasteiger partial charge on any atom is 0.335 e. The number of benzene rings is 2. The highest BCUT2D eigenvalue weighted by Crippen LogP contribution is 2.30. The van der Waals surface area contributed by atoms with Gasteiger partial charge in [0.2, 0.25) is 11.8 Å². The SMILES string of the molecule is Cc1ccc(Cl)c(-c2nnc(-c3cccc(C(=O)O)c3)o2)c1. The molecule has 2 aromatic carbocycles. The third-order valence-corrected chi connectivity index (χ3v) is 3.46. The molecule has 1 N–H and O–H groups in total. The van der Waals surface area contributed by atoms with Crippen LogP contribution in [0, 0.1) is 6.92 Å². The number of hydrogen-bond donors (Lipinski definition) is 1. The van der Waals surface area contributed by atoms with Gasteiger partial charge in [-0.05, 0) is 37.3 Å². The minimum atomic E-state index is -1.01. The molecule has 3 rings (SSSR count). The van der Waals surface area contributed by atoms with Gasteiger partial charge in [-0.3, -0.25) is 0 Å². The predicted octanol–water partition coefficient (Wildman–Crippen LogP) is 4.06. The first-order valence-electron chi connectivity index (χ1n) is 6.48. The topological polar surface area (TPSA) is 76.2 Å². The minimum absolute atomic E-state index is 0.158. The first-order valence-corrected chi connectivity index (χ1v) is 6.86. The van der Waals surface area contributed by atoms with E-state index in [1.165, 1.54) is 12.1 Å². The lowest BCUT2D eigenvalue weighted by Gasteiger charge is -2.00. The number of nitrogens with zero attached hydrogens (tertiary/aromatic N) is 2. The highest BCUT2D eigenvalue weighted by atomic mass is 35.5. The zero-order valence-electron chi connectivity index (χ0n) is 11.6. The quantitative estimate of drug-likeness (QED) is 0.788. The van der Waals surface area contributed by atoms with Crippen molar-refractivity contribution in [3.8, 4) is 22.9 Å². The van der Waals surface area contributed by atoms with Crippen LogP contribution in [-0.2, 0) is 0 Å². The van der Waals surface area contributed by atoms with Gasteiger partial charge in [-0.25, -0.2) is 4.79 Å². The van der Waals surface area contributed by atoms with Crippen molar-refractivity contribution < 1.29 is 14.3 Å². The number of carboxylic acids is 1. The average Bonchev–Trinajstić information content (AvgIpc) is 2.99. The Morgan fingerprint density at radius 1 is 1.14 bits per heavy atom. The third-order valence-electron chi connectivity index (χ3n) is 3.13. The molecule has 0 aliphatic heterocycles. The van der Waals surface area contributed by atoms with E-state index in [1.807, 2.05) is 19.1 Å². The number of carbonyl (C=O) groups is 1. The predicted molar refractivity (Wildman–Crippen MR) is 81.9 cm³/mol. The van der Waals surface area contributed by atoms with Crippen LogP contribution in [0.15, 0.2) is 46.9 Å². The van der Waals surface area contributed by atoms with Crippen molar-refractivity contribution >= 4 is 17.6 Å². The molecule has 0 saturated heterocycles. The lowest BCUT2D eigenvalue weighted by atomic mass is 10.1. The van der Waals surface area contributed by atoms with Gasteiger partial charge in [0, 0.05) is 5.56 Å². The second-order valence-electron chi connectivity index (χ2n) is 4.78. The molecule has 0 spiro atoms. The van der Waals surface area contributed by atoms with Gasteiger partial charge in [-0.1, -0.05) is 29.3 Å². The highest BCUT2D eigenvalue weighted by Gasteiger charge is 2.14. The second kappa shape index (κ2) is 5.61. The fraction of sp³-hybridized carbons (Fsp3) is 0.0625. The van der Waals surface area contributed by atoms with E-state index in [9.17, 15) is 4.79 Å². The summed E-state index contributed by atoms with van der Waals surface area (Å²) in [6.45, 7) is 1.94. The van der Waals surface area contributed by atoms with Crippen LogP contribution in [0.4, 0.5) is 0 Å². The van der Waals surface area contributed by atoms with Crippen LogP contribution in [0.2, 0.25) is 5.02 Å². The largest absolute Gasteiger partial charge is 0.478 e. The molecule has 5 nitrogen and oxygen atoms in total. The fourth-order valence-corrected chi connectivity index (χ4v) is 2.24. The van der Waals surface area contributed by atoms with E-state index in [-0.39, 0.29) is 11.5 Å². The van der Waals surface area contributed by atoms with E-state index in [0.29, 0.717) is 22.0 Å². The molecule has 0 radical (unpaired) electrons. The van der Waals surface area contributed by atoms with Gasteiger partial charge in [0.1, 0.15) is 0 Å². The van der Waals surface area contributed by atoms with E-state index >= 15 is 0 Å². The van der Waals surface area contributed by atoms with Crippen LogP contribution in [0.3, 0.4) is 0 Å². The summed E-state index contributed by atoms with van der Waals surface area (Å²) in [5.41, 5.74) is 2.37. The molecule has 3 aromatic rings. The summed E-state index contributed by atoms with van der Waals surface area (Å²) in [6, 6.07) is 11.8. The van der Waals surface area contributed by atoms with Crippen molar-refractivity contribution in [1.82, 2.24) is 10.2 Å². The van der Waals surface area contributed by atoms with Gasteiger partial charge in [-0.2, -0.15) is 0 Å². The maximum atomic E-state index is 11.0.